The summed E-state index contributed by atoms with van der Waals surface area (Å²) in [5, 5.41) is 12.0. The lowest BCUT2D eigenvalue weighted by atomic mass is 10.1. The van der Waals surface area contributed by atoms with Crippen LogP contribution in [0.25, 0.3) is 0 Å². The molecule has 0 aliphatic carbocycles. The van der Waals surface area contributed by atoms with E-state index in [1.807, 2.05) is 12.1 Å². The Morgan fingerprint density at radius 2 is 2.11 bits per heavy atom. The van der Waals surface area contributed by atoms with Gasteiger partial charge in [-0.1, -0.05) is 23.4 Å². The molecule has 2 aromatic rings. The van der Waals surface area contributed by atoms with Crippen LogP contribution >= 0.6 is 0 Å². The van der Waals surface area contributed by atoms with Crippen molar-refractivity contribution in [3.05, 3.63) is 53.9 Å². The number of hydrogen-bond acceptors (Lipinski definition) is 4. The van der Waals surface area contributed by atoms with Crippen molar-refractivity contribution >= 4 is 17.2 Å². The molecule has 1 aromatic heterocycles. The van der Waals surface area contributed by atoms with Crippen molar-refractivity contribution in [3.63, 3.8) is 0 Å². The van der Waals surface area contributed by atoms with Crippen LogP contribution < -0.4 is 10.6 Å². The van der Waals surface area contributed by atoms with Crippen LogP contribution in [0.2, 0.25) is 0 Å². The summed E-state index contributed by atoms with van der Waals surface area (Å²) >= 11 is 0. The normalized spacial score (nSPS) is 14.5. The first kappa shape index (κ1) is 11.5. The van der Waals surface area contributed by atoms with E-state index in [-0.39, 0.29) is 5.84 Å². The molecule has 0 unspecified atom stereocenters. The molecule has 0 fully saturated rings. The molecule has 3 N–H and O–H groups in total. The minimum absolute atomic E-state index is 0.0989. The molecule has 0 atom stereocenters. The zero-order valence-corrected chi connectivity index (χ0v) is 10.3. The second kappa shape index (κ2) is 4.61. The highest BCUT2D eigenvalue weighted by molar-refractivity contribution is 6.02. The number of oxime groups is 1. The number of benzene rings is 1. The van der Waals surface area contributed by atoms with E-state index in [0.29, 0.717) is 5.56 Å². The van der Waals surface area contributed by atoms with Gasteiger partial charge in [-0.3, -0.25) is 4.98 Å². The number of rotatable bonds is 2. The highest BCUT2D eigenvalue weighted by Gasteiger charge is 2.22. The van der Waals surface area contributed by atoms with Gasteiger partial charge in [0.25, 0.3) is 0 Å². The topological polar surface area (TPSA) is 74.7 Å². The Hall–Kier alpha value is -2.56. The van der Waals surface area contributed by atoms with Gasteiger partial charge >= 0.3 is 0 Å². The maximum absolute atomic E-state index is 8.87. The number of anilines is 2. The van der Waals surface area contributed by atoms with Crippen molar-refractivity contribution in [1.29, 1.82) is 0 Å². The summed E-state index contributed by atoms with van der Waals surface area (Å²) in [6.07, 6.45) is 4.37. The summed E-state index contributed by atoms with van der Waals surface area (Å²) < 4.78 is 0. The van der Waals surface area contributed by atoms with Crippen LogP contribution in [-0.4, -0.2) is 22.6 Å². The van der Waals surface area contributed by atoms with Gasteiger partial charge in [-0.25, -0.2) is 0 Å². The Bertz CT molecular complexity index is 639. The van der Waals surface area contributed by atoms with Crippen molar-refractivity contribution < 1.29 is 5.21 Å². The molecule has 5 heteroatoms. The first-order chi connectivity index (χ1) is 9.31. The summed E-state index contributed by atoms with van der Waals surface area (Å²) in [5.74, 6) is 0.0989. The third-order valence-corrected chi connectivity index (χ3v) is 3.36. The van der Waals surface area contributed by atoms with Gasteiger partial charge < -0.3 is 15.8 Å². The maximum atomic E-state index is 8.87. The molecular formula is C14H14N4O. The van der Waals surface area contributed by atoms with E-state index in [0.717, 1.165) is 24.3 Å². The molecule has 0 bridgehead atoms. The number of fused-ring (bicyclic) bond motifs is 1. The standard InChI is InChI=1S/C14H14N4O/c15-14(17-19)11-5-7-16-9-13(11)18-8-6-10-3-1-2-4-12(10)18/h1-5,7,9,19H,6,8H2,(H2,15,17). The van der Waals surface area contributed by atoms with Gasteiger partial charge in [0.2, 0.25) is 0 Å². The minimum Gasteiger partial charge on any atom is -0.409 e. The molecule has 19 heavy (non-hydrogen) atoms. The molecule has 1 aliphatic rings. The van der Waals surface area contributed by atoms with Gasteiger partial charge in [0, 0.05) is 24.0 Å². The molecule has 0 spiro atoms. The molecule has 3 rings (SSSR count). The van der Waals surface area contributed by atoms with Gasteiger partial charge in [0.05, 0.1) is 11.9 Å². The van der Waals surface area contributed by atoms with Gasteiger partial charge in [-0.15, -0.1) is 0 Å². The summed E-state index contributed by atoms with van der Waals surface area (Å²) in [6.45, 7) is 0.872. The lowest BCUT2D eigenvalue weighted by Crippen LogP contribution is -2.21. The number of pyridine rings is 1. The molecule has 0 radical (unpaired) electrons. The van der Waals surface area contributed by atoms with Crippen molar-refractivity contribution in [3.8, 4) is 0 Å². The molecule has 2 heterocycles. The second-order valence-corrected chi connectivity index (χ2v) is 4.41. The van der Waals surface area contributed by atoms with Gasteiger partial charge in [-0.2, -0.15) is 0 Å². The van der Waals surface area contributed by atoms with E-state index < -0.39 is 0 Å². The van der Waals surface area contributed by atoms with E-state index >= 15 is 0 Å². The SMILES string of the molecule is N/C(=N/O)c1ccncc1N1CCc2ccccc21. The minimum atomic E-state index is 0.0989. The Morgan fingerprint density at radius 3 is 2.95 bits per heavy atom. The number of para-hydroxylation sites is 1. The van der Waals surface area contributed by atoms with Crippen LogP contribution in [0, 0.1) is 0 Å². The fourth-order valence-corrected chi connectivity index (χ4v) is 2.46. The van der Waals surface area contributed by atoms with Crippen LogP contribution in [0.4, 0.5) is 11.4 Å². The molecule has 0 amide bonds. The Balaban J connectivity index is 2.10. The highest BCUT2D eigenvalue weighted by atomic mass is 16.4. The van der Waals surface area contributed by atoms with Gasteiger partial charge in [-0.05, 0) is 24.1 Å². The maximum Gasteiger partial charge on any atom is 0.172 e. The van der Waals surface area contributed by atoms with E-state index in [9.17, 15) is 0 Å². The number of hydrogen-bond donors (Lipinski definition) is 2. The van der Waals surface area contributed by atoms with Crippen LogP contribution in [0.15, 0.2) is 47.9 Å². The van der Waals surface area contributed by atoms with Gasteiger partial charge in [0.15, 0.2) is 5.84 Å². The zero-order chi connectivity index (χ0) is 13.2. The average molecular weight is 254 g/mol. The molecule has 96 valence electrons. The van der Waals surface area contributed by atoms with Gasteiger partial charge in [0.1, 0.15) is 0 Å². The van der Waals surface area contributed by atoms with Crippen LogP contribution in [0.1, 0.15) is 11.1 Å². The molecular weight excluding hydrogens is 240 g/mol. The van der Waals surface area contributed by atoms with Crippen LogP contribution in [-0.2, 0) is 6.42 Å². The summed E-state index contributed by atoms with van der Waals surface area (Å²) in [6, 6.07) is 10.00. The number of nitrogens with two attached hydrogens (primary N) is 1. The van der Waals surface area contributed by atoms with E-state index in [1.54, 1.807) is 18.5 Å². The molecule has 1 aliphatic heterocycles. The lowest BCUT2D eigenvalue weighted by Gasteiger charge is -2.21. The van der Waals surface area contributed by atoms with E-state index in [4.69, 9.17) is 10.9 Å². The zero-order valence-electron chi connectivity index (χ0n) is 10.3. The monoisotopic (exact) mass is 254 g/mol. The number of amidine groups is 1. The number of aromatic nitrogens is 1. The lowest BCUT2D eigenvalue weighted by molar-refractivity contribution is 0.318. The predicted molar refractivity (Wildman–Crippen MR) is 73.9 cm³/mol. The molecule has 0 saturated heterocycles. The first-order valence-corrected chi connectivity index (χ1v) is 6.08. The van der Waals surface area contributed by atoms with Crippen molar-refractivity contribution in [2.45, 2.75) is 6.42 Å². The number of nitrogens with zero attached hydrogens (tertiary/aromatic N) is 3. The fraction of sp³-hybridized carbons (Fsp3) is 0.143. The Morgan fingerprint density at radius 1 is 1.26 bits per heavy atom. The predicted octanol–water partition coefficient (Wildman–Crippen LogP) is 1.87. The summed E-state index contributed by atoms with van der Waals surface area (Å²) in [7, 11) is 0. The first-order valence-electron chi connectivity index (χ1n) is 6.08. The smallest absolute Gasteiger partial charge is 0.172 e. The Labute approximate surface area is 111 Å². The third-order valence-electron chi connectivity index (χ3n) is 3.36. The fourth-order valence-electron chi connectivity index (χ4n) is 2.46. The average Bonchev–Trinajstić information content (AvgIpc) is 2.90. The van der Waals surface area contributed by atoms with Crippen molar-refractivity contribution in [1.82, 2.24) is 4.98 Å². The van der Waals surface area contributed by atoms with E-state index in [2.05, 4.69) is 27.2 Å². The van der Waals surface area contributed by atoms with E-state index in [1.165, 1.54) is 5.56 Å². The molecule has 0 saturated carbocycles. The summed E-state index contributed by atoms with van der Waals surface area (Å²) in [4.78, 5) is 6.29. The molecule has 1 aromatic carbocycles. The van der Waals surface area contributed by atoms with Crippen LogP contribution in [0.3, 0.4) is 0 Å². The third kappa shape index (κ3) is 1.89. The van der Waals surface area contributed by atoms with Crippen molar-refractivity contribution in [2.75, 3.05) is 11.4 Å². The van der Waals surface area contributed by atoms with Crippen molar-refractivity contribution in [2.24, 2.45) is 10.9 Å². The van der Waals surface area contributed by atoms with Crippen LogP contribution in [0.5, 0.6) is 0 Å². The molecule has 5 nitrogen and oxygen atoms in total. The largest absolute Gasteiger partial charge is 0.409 e. The second-order valence-electron chi connectivity index (χ2n) is 4.41. The Kier molecular flexibility index (Phi) is 2.79. The highest BCUT2D eigenvalue weighted by Crippen LogP contribution is 2.35. The summed E-state index contributed by atoms with van der Waals surface area (Å²) in [5.41, 5.74) is 9.74. The quantitative estimate of drug-likeness (QED) is 0.371.